The smallest absolute Gasteiger partial charge is 0.255 e. The van der Waals surface area contributed by atoms with Gasteiger partial charge >= 0.3 is 0 Å². The Kier molecular flexibility index (Phi) is 4.34. The number of benzene rings is 1. The van der Waals surface area contributed by atoms with Crippen molar-refractivity contribution in [1.82, 2.24) is 0 Å². The number of rotatable bonds is 5. The lowest BCUT2D eigenvalue weighted by atomic mass is 10.2. The van der Waals surface area contributed by atoms with Crippen molar-refractivity contribution in [3.8, 4) is 0 Å². The maximum Gasteiger partial charge on any atom is 0.255 e. The van der Waals surface area contributed by atoms with Gasteiger partial charge < -0.3 is 10.6 Å². The average molecular weight is 214 g/mol. The molecular formula is C11H16F2N2. The second kappa shape index (κ2) is 5.53. The first-order chi connectivity index (χ1) is 7.13. The topological polar surface area (TPSA) is 29.3 Å². The first kappa shape index (κ1) is 11.8. The standard InChI is InChI=1S/C11H16F2N2/c1-2-7-15(8-11(12)13)10-5-3-9(14)4-6-10/h3-6,11H,2,7-8,14H2,1H3. The molecule has 0 bridgehead atoms. The molecule has 1 aromatic rings. The zero-order valence-corrected chi connectivity index (χ0v) is 8.79. The van der Waals surface area contributed by atoms with Crippen LogP contribution < -0.4 is 10.6 Å². The summed E-state index contributed by atoms with van der Waals surface area (Å²) in [7, 11) is 0. The van der Waals surface area contributed by atoms with Crippen molar-refractivity contribution in [2.75, 3.05) is 23.7 Å². The Balaban J connectivity index is 2.74. The zero-order chi connectivity index (χ0) is 11.3. The summed E-state index contributed by atoms with van der Waals surface area (Å²) in [6, 6.07) is 6.99. The van der Waals surface area contributed by atoms with Crippen molar-refractivity contribution in [2.45, 2.75) is 19.8 Å². The van der Waals surface area contributed by atoms with Gasteiger partial charge in [0, 0.05) is 17.9 Å². The first-order valence-electron chi connectivity index (χ1n) is 5.02. The van der Waals surface area contributed by atoms with Crippen LogP contribution in [0.4, 0.5) is 20.2 Å². The fourth-order valence-corrected chi connectivity index (χ4v) is 1.45. The second-order valence-electron chi connectivity index (χ2n) is 3.43. The molecule has 2 N–H and O–H groups in total. The molecule has 4 heteroatoms. The molecule has 0 amide bonds. The van der Waals surface area contributed by atoms with Gasteiger partial charge in [-0.05, 0) is 30.7 Å². The largest absolute Gasteiger partial charge is 0.399 e. The molecule has 0 radical (unpaired) electrons. The van der Waals surface area contributed by atoms with Gasteiger partial charge in [0.2, 0.25) is 0 Å². The molecule has 0 unspecified atom stereocenters. The van der Waals surface area contributed by atoms with E-state index in [1.807, 2.05) is 6.92 Å². The lowest BCUT2D eigenvalue weighted by molar-refractivity contribution is 0.155. The molecule has 0 aliphatic carbocycles. The highest BCUT2D eigenvalue weighted by molar-refractivity contribution is 5.53. The van der Waals surface area contributed by atoms with Crippen LogP contribution in [0.5, 0.6) is 0 Å². The molecule has 0 heterocycles. The van der Waals surface area contributed by atoms with E-state index in [4.69, 9.17) is 5.73 Å². The van der Waals surface area contributed by atoms with Gasteiger partial charge in [0.1, 0.15) is 0 Å². The van der Waals surface area contributed by atoms with Crippen LogP contribution in [0.1, 0.15) is 13.3 Å². The summed E-state index contributed by atoms with van der Waals surface area (Å²) in [6.07, 6.45) is -1.47. The van der Waals surface area contributed by atoms with Gasteiger partial charge in [-0.15, -0.1) is 0 Å². The van der Waals surface area contributed by atoms with Gasteiger partial charge in [-0.2, -0.15) is 0 Å². The Morgan fingerprint density at radius 1 is 1.27 bits per heavy atom. The molecule has 0 spiro atoms. The van der Waals surface area contributed by atoms with E-state index in [-0.39, 0.29) is 6.54 Å². The highest BCUT2D eigenvalue weighted by Crippen LogP contribution is 2.17. The van der Waals surface area contributed by atoms with Gasteiger partial charge in [0.05, 0.1) is 6.54 Å². The maximum absolute atomic E-state index is 12.3. The molecule has 0 aromatic heterocycles. The van der Waals surface area contributed by atoms with E-state index >= 15 is 0 Å². The minimum atomic E-state index is -2.31. The Morgan fingerprint density at radius 3 is 2.33 bits per heavy atom. The lowest BCUT2D eigenvalue weighted by Gasteiger charge is -2.23. The molecule has 1 aromatic carbocycles. The van der Waals surface area contributed by atoms with Crippen molar-refractivity contribution in [2.24, 2.45) is 0 Å². The first-order valence-corrected chi connectivity index (χ1v) is 5.02. The molecule has 0 aliphatic heterocycles. The summed E-state index contributed by atoms with van der Waals surface area (Å²) < 4.78 is 24.6. The summed E-state index contributed by atoms with van der Waals surface area (Å²) in [4.78, 5) is 1.67. The fraction of sp³-hybridized carbons (Fsp3) is 0.455. The van der Waals surface area contributed by atoms with E-state index in [2.05, 4.69) is 0 Å². The van der Waals surface area contributed by atoms with Gasteiger partial charge in [-0.1, -0.05) is 6.92 Å². The Hall–Kier alpha value is -1.32. The molecule has 0 atom stereocenters. The lowest BCUT2D eigenvalue weighted by Crippen LogP contribution is -2.29. The van der Waals surface area contributed by atoms with Crippen LogP contribution in [0, 0.1) is 0 Å². The Labute approximate surface area is 88.7 Å². The van der Waals surface area contributed by atoms with Crippen molar-refractivity contribution in [3.05, 3.63) is 24.3 Å². The predicted octanol–water partition coefficient (Wildman–Crippen LogP) is 2.75. The molecule has 84 valence electrons. The molecule has 0 saturated carbocycles. The van der Waals surface area contributed by atoms with E-state index in [0.29, 0.717) is 12.2 Å². The molecule has 0 saturated heterocycles. The molecule has 0 fully saturated rings. The molecule has 15 heavy (non-hydrogen) atoms. The van der Waals surface area contributed by atoms with Crippen LogP contribution in [-0.4, -0.2) is 19.5 Å². The highest BCUT2D eigenvalue weighted by atomic mass is 19.3. The predicted molar refractivity (Wildman–Crippen MR) is 59.4 cm³/mol. The quantitative estimate of drug-likeness (QED) is 0.764. The van der Waals surface area contributed by atoms with Gasteiger partial charge in [0.25, 0.3) is 6.43 Å². The number of hydrogen-bond donors (Lipinski definition) is 1. The van der Waals surface area contributed by atoms with E-state index in [1.54, 1.807) is 29.2 Å². The molecule has 2 nitrogen and oxygen atoms in total. The zero-order valence-electron chi connectivity index (χ0n) is 8.79. The summed E-state index contributed by atoms with van der Waals surface area (Å²) in [5.41, 5.74) is 6.98. The van der Waals surface area contributed by atoms with Crippen LogP contribution >= 0.6 is 0 Å². The fourth-order valence-electron chi connectivity index (χ4n) is 1.45. The third-order valence-corrected chi connectivity index (χ3v) is 2.11. The summed E-state index contributed by atoms with van der Waals surface area (Å²) in [6.45, 7) is 2.38. The van der Waals surface area contributed by atoms with Crippen LogP contribution in [0.3, 0.4) is 0 Å². The second-order valence-corrected chi connectivity index (χ2v) is 3.43. The summed E-state index contributed by atoms with van der Waals surface area (Å²) >= 11 is 0. The maximum atomic E-state index is 12.3. The number of nitrogens with two attached hydrogens (primary N) is 1. The SMILES string of the molecule is CCCN(CC(F)F)c1ccc(N)cc1. The highest BCUT2D eigenvalue weighted by Gasteiger charge is 2.11. The number of hydrogen-bond acceptors (Lipinski definition) is 2. The van der Waals surface area contributed by atoms with E-state index in [0.717, 1.165) is 12.1 Å². The number of alkyl halides is 2. The van der Waals surface area contributed by atoms with Crippen molar-refractivity contribution < 1.29 is 8.78 Å². The van der Waals surface area contributed by atoms with Crippen molar-refractivity contribution in [3.63, 3.8) is 0 Å². The van der Waals surface area contributed by atoms with Crippen molar-refractivity contribution >= 4 is 11.4 Å². The summed E-state index contributed by atoms with van der Waals surface area (Å²) in [5, 5.41) is 0. The summed E-state index contributed by atoms with van der Waals surface area (Å²) in [5.74, 6) is 0. The minimum Gasteiger partial charge on any atom is -0.399 e. The number of anilines is 2. The Morgan fingerprint density at radius 2 is 1.87 bits per heavy atom. The normalized spacial score (nSPS) is 10.7. The van der Waals surface area contributed by atoms with Crippen LogP contribution in [0.15, 0.2) is 24.3 Å². The minimum absolute atomic E-state index is 0.224. The average Bonchev–Trinajstić information content (AvgIpc) is 2.17. The van der Waals surface area contributed by atoms with Crippen molar-refractivity contribution in [1.29, 1.82) is 0 Å². The molecule has 1 rings (SSSR count). The van der Waals surface area contributed by atoms with E-state index < -0.39 is 6.43 Å². The van der Waals surface area contributed by atoms with Crippen LogP contribution in [0.2, 0.25) is 0 Å². The number of halogens is 2. The molecule has 0 aliphatic rings. The van der Waals surface area contributed by atoms with Gasteiger partial charge in [-0.25, -0.2) is 8.78 Å². The number of nitrogen functional groups attached to an aromatic ring is 1. The van der Waals surface area contributed by atoms with Gasteiger partial charge in [0.15, 0.2) is 0 Å². The molecular weight excluding hydrogens is 198 g/mol. The van der Waals surface area contributed by atoms with E-state index in [1.165, 1.54) is 0 Å². The van der Waals surface area contributed by atoms with Crippen LogP contribution in [-0.2, 0) is 0 Å². The third-order valence-electron chi connectivity index (χ3n) is 2.11. The number of nitrogens with zero attached hydrogens (tertiary/aromatic N) is 1. The van der Waals surface area contributed by atoms with Gasteiger partial charge in [-0.3, -0.25) is 0 Å². The van der Waals surface area contributed by atoms with Crippen LogP contribution in [0.25, 0.3) is 0 Å². The third kappa shape index (κ3) is 3.73. The Bertz CT molecular complexity index is 285. The van der Waals surface area contributed by atoms with E-state index in [9.17, 15) is 8.78 Å². The monoisotopic (exact) mass is 214 g/mol.